The van der Waals surface area contributed by atoms with Crippen molar-refractivity contribution in [2.24, 2.45) is 0 Å². The Kier molecular flexibility index (Phi) is 7.61. The van der Waals surface area contributed by atoms with Gasteiger partial charge in [-0.25, -0.2) is 19.2 Å². The molecule has 1 aliphatic carbocycles. The molecule has 0 bridgehead atoms. The van der Waals surface area contributed by atoms with Crippen LogP contribution in [0.15, 0.2) is 48.9 Å². The quantitative estimate of drug-likeness (QED) is 0.249. The summed E-state index contributed by atoms with van der Waals surface area (Å²) in [7, 11) is 0. The molecule has 2 aromatic heterocycles. The van der Waals surface area contributed by atoms with E-state index in [0.717, 1.165) is 18.9 Å². The monoisotopic (exact) mass is 610 g/mol. The molecular formula is C30H30F4N8O2. The Morgan fingerprint density at radius 1 is 1.02 bits per heavy atom. The van der Waals surface area contributed by atoms with E-state index < -0.39 is 23.6 Å². The number of urea groups is 1. The molecule has 2 aromatic carbocycles. The summed E-state index contributed by atoms with van der Waals surface area (Å²) in [6.07, 6.45) is 0.606. The lowest BCUT2D eigenvalue weighted by molar-refractivity contribution is -0.138. The van der Waals surface area contributed by atoms with Crippen LogP contribution in [0.25, 0.3) is 22.2 Å². The van der Waals surface area contributed by atoms with E-state index >= 15 is 4.39 Å². The Balaban J connectivity index is 1.16. The number of hydrogen-bond donors (Lipinski definition) is 3. The summed E-state index contributed by atoms with van der Waals surface area (Å²) in [6.45, 7) is 3.30. The van der Waals surface area contributed by atoms with Crippen molar-refractivity contribution in [3.05, 3.63) is 65.9 Å². The maximum absolute atomic E-state index is 15.2. The zero-order chi connectivity index (χ0) is 31.2. The Bertz CT molecular complexity index is 1740. The first-order valence-electron chi connectivity index (χ1n) is 14.1. The molecule has 0 atom stereocenters. The maximum atomic E-state index is 15.2. The summed E-state index contributed by atoms with van der Waals surface area (Å²) >= 11 is 0. The molecule has 14 heteroatoms. The van der Waals surface area contributed by atoms with Crippen molar-refractivity contribution in [3.63, 3.8) is 0 Å². The van der Waals surface area contributed by atoms with E-state index in [-0.39, 0.29) is 35.2 Å². The minimum Gasteiger partial charge on any atom is -0.383 e. The molecule has 1 saturated carbocycles. The summed E-state index contributed by atoms with van der Waals surface area (Å²) in [4.78, 5) is 36.2. The van der Waals surface area contributed by atoms with Gasteiger partial charge in [-0.05, 0) is 48.2 Å². The lowest BCUT2D eigenvalue weighted by atomic mass is 10.0. The second kappa shape index (κ2) is 11.4. The number of anilines is 3. The van der Waals surface area contributed by atoms with Crippen LogP contribution in [0.2, 0.25) is 0 Å². The second-order valence-corrected chi connectivity index (χ2v) is 11.1. The minimum absolute atomic E-state index is 0.0434. The summed E-state index contributed by atoms with van der Waals surface area (Å²) in [5.74, 6) is -0.537. The van der Waals surface area contributed by atoms with E-state index in [4.69, 9.17) is 5.73 Å². The number of rotatable bonds is 6. The molecule has 10 nitrogen and oxygen atoms in total. The normalized spacial score (nSPS) is 15.9. The molecular weight excluding hydrogens is 580 g/mol. The first-order valence-corrected chi connectivity index (χ1v) is 14.1. The van der Waals surface area contributed by atoms with Crippen LogP contribution in [0, 0.1) is 5.82 Å². The molecule has 230 valence electrons. The average molecular weight is 611 g/mol. The van der Waals surface area contributed by atoms with Gasteiger partial charge in [-0.15, -0.1) is 0 Å². The van der Waals surface area contributed by atoms with Crippen molar-refractivity contribution >= 4 is 40.2 Å². The molecule has 3 heterocycles. The van der Waals surface area contributed by atoms with Gasteiger partial charge in [0.2, 0.25) is 5.91 Å². The molecule has 44 heavy (non-hydrogen) atoms. The van der Waals surface area contributed by atoms with Gasteiger partial charge >= 0.3 is 12.2 Å². The SMILES string of the molecule is CC(=O)N1CCN(Cc2ccc(NC(=O)Nc3ccc(-c4cn(C5CC5)c5ncnc(N)c45)cc3F)cc2C(F)(F)F)CC1. The lowest BCUT2D eigenvalue weighted by Gasteiger charge is -2.34. The van der Waals surface area contributed by atoms with Gasteiger partial charge in [0.25, 0.3) is 0 Å². The summed E-state index contributed by atoms with van der Waals surface area (Å²) < 4.78 is 59.1. The third-order valence-electron chi connectivity index (χ3n) is 7.99. The smallest absolute Gasteiger partial charge is 0.383 e. The topological polar surface area (TPSA) is 121 Å². The molecule has 4 aromatic rings. The highest BCUT2D eigenvalue weighted by Crippen LogP contribution is 2.42. The van der Waals surface area contributed by atoms with Gasteiger partial charge < -0.3 is 25.8 Å². The van der Waals surface area contributed by atoms with Crippen LogP contribution in [0.5, 0.6) is 0 Å². The van der Waals surface area contributed by atoms with E-state index in [0.29, 0.717) is 54.4 Å². The molecule has 6 rings (SSSR count). The number of nitrogens with one attached hydrogen (secondary N) is 2. The molecule has 4 N–H and O–H groups in total. The molecule has 0 radical (unpaired) electrons. The third kappa shape index (κ3) is 6.02. The van der Waals surface area contributed by atoms with Crippen LogP contribution in [0.3, 0.4) is 0 Å². The molecule has 2 aliphatic rings. The fourth-order valence-electron chi connectivity index (χ4n) is 5.54. The number of hydrogen-bond acceptors (Lipinski definition) is 6. The van der Waals surface area contributed by atoms with Crippen molar-refractivity contribution in [2.45, 2.75) is 38.5 Å². The highest BCUT2D eigenvalue weighted by Gasteiger charge is 2.34. The number of aromatic nitrogens is 3. The van der Waals surface area contributed by atoms with Crippen LogP contribution in [0.1, 0.15) is 36.9 Å². The lowest BCUT2D eigenvalue weighted by Crippen LogP contribution is -2.47. The Morgan fingerprint density at radius 2 is 1.77 bits per heavy atom. The van der Waals surface area contributed by atoms with Crippen molar-refractivity contribution in [1.29, 1.82) is 0 Å². The molecule has 3 amide bonds. The Labute approximate surface area is 249 Å². The van der Waals surface area contributed by atoms with Gasteiger partial charge in [0.05, 0.1) is 16.6 Å². The Morgan fingerprint density at radius 3 is 2.43 bits per heavy atom. The number of piperazine rings is 1. The number of halogens is 4. The van der Waals surface area contributed by atoms with Gasteiger partial charge in [0.1, 0.15) is 23.6 Å². The van der Waals surface area contributed by atoms with Crippen molar-refractivity contribution in [3.8, 4) is 11.1 Å². The molecule has 2 fully saturated rings. The standard InChI is InChI=1S/C30H30F4N8O2/c1-17(43)41-10-8-40(9-11-41)14-19-2-4-20(13-23(19)30(32,33)34)38-29(44)39-25-7-3-18(12-24(25)31)22-15-42(21-5-6-21)28-26(22)27(35)36-16-37-28/h2-4,7,12-13,15-16,21H,5-6,8-11,14H2,1H3,(H2,35,36,37)(H2,38,39,44). The van der Waals surface area contributed by atoms with Gasteiger partial charge in [0, 0.05) is 63.1 Å². The zero-order valence-corrected chi connectivity index (χ0v) is 23.8. The number of nitrogens with two attached hydrogens (primary N) is 1. The Hall–Kier alpha value is -4.72. The van der Waals surface area contributed by atoms with E-state index in [1.165, 1.54) is 37.5 Å². The van der Waals surface area contributed by atoms with E-state index in [9.17, 15) is 22.8 Å². The number of nitrogen functional groups attached to an aromatic ring is 1. The molecule has 0 unspecified atom stereocenters. The van der Waals surface area contributed by atoms with Crippen LogP contribution < -0.4 is 16.4 Å². The number of alkyl halides is 3. The third-order valence-corrected chi connectivity index (χ3v) is 7.99. The summed E-state index contributed by atoms with van der Waals surface area (Å²) in [5, 5.41) is 5.35. The van der Waals surface area contributed by atoms with Crippen molar-refractivity contribution < 1.29 is 27.2 Å². The van der Waals surface area contributed by atoms with Crippen molar-refractivity contribution in [2.75, 3.05) is 42.5 Å². The van der Waals surface area contributed by atoms with Crippen LogP contribution >= 0.6 is 0 Å². The first kappa shape index (κ1) is 29.4. The fourth-order valence-corrected chi connectivity index (χ4v) is 5.54. The number of carbonyl (C=O) groups excluding carboxylic acids is 2. The highest BCUT2D eigenvalue weighted by molar-refractivity contribution is 6.02. The minimum atomic E-state index is -4.66. The predicted octanol–water partition coefficient (Wildman–Crippen LogP) is 5.48. The van der Waals surface area contributed by atoms with Crippen LogP contribution in [0.4, 0.5) is 39.5 Å². The molecule has 0 spiro atoms. The second-order valence-electron chi connectivity index (χ2n) is 11.1. The van der Waals surface area contributed by atoms with Crippen LogP contribution in [-0.2, 0) is 17.5 Å². The number of carbonyl (C=O) groups is 2. The van der Waals surface area contributed by atoms with Gasteiger partial charge in [0.15, 0.2) is 0 Å². The highest BCUT2D eigenvalue weighted by atomic mass is 19.4. The van der Waals surface area contributed by atoms with E-state index in [1.807, 2.05) is 15.7 Å². The number of amides is 3. The zero-order valence-electron chi connectivity index (χ0n) is 23.8. The van der Waals surface area contributed by atoms with Crippen LogP contribution in [-0.4, -0.2) is 62.5 Å². The van der Waals surface area contributed by atoms with Crippen molar-refractivity contribution in [1.82, 2.24) is 24.3 Å². The van der Waals surface area contributed by atoms with Gasteiger partial charge in [-0.3, -0.25) is 9.69 Å². The number of fused-ring (bicyclic) bond motifs is 1. The van der Waals surface area contributed by atoms with E-state index in [1.54, 1.807) is 11.0 Å². The largest absolute Gasteiger partial charge is 0.416 e. The number of benzene rings is 2. The number of nitrogens with zero attached hydrogens (tertiary/aromatic N) is 5. The fraction of sp³-hybridized carbons (Fsp3) is 0.333. The maximum Gasteiger partial charge on any atom is 0.416 e. The summed E-state index contributed by atoms with van der Waals surface area (Å²) in [6, 6.07) is 7.19. The predicted molar refractivity (Wildman–Crippen MR) is 157 cm³/mol. The first-order chi connectivity index (χ1) is 21.0. The van der Waals surface area contributed by atoms with Gasteiger partial charge in [-0.2, -0.15) is 13.2 Å². The summed E-state index contributed by atoms with van der Waals surface area (Å²) in [5.41, 5.74) is 6.88. The molecule has 1 saturated heterocycles. The van der Waals surface area contributed by atoms with Gasteiger partial charge in [-0.1, -0.05) is 12.1 Å². The average Bonchev–Trinajstić information content (AvgIpc) is 3.74. The van der Waals surface area contributed by atoms with E-state index in [2.05, 4.69) is 20.6 Å². The molecule has 1 aliphatic heterocycles.